The maximum Gasteiger partial charge on any atom is 0.0601 e. The van der Waals surface area contributed by atoms with Gasteiger partial charge in [-0.2, -0.15) is 0 Å². The van der Waals surface area contributed by atoms with E-state index in [-0.39, 0.29) is 0 Å². The summed E-state index contributed by atoms with van der Waals surface area (Å²) in [5.74, 6) is 9.09. The van der Waals surface area contributed by atoms with E-state index >= 15 is 0 Å². The highest BCUT2D eigenvalue weighted by molar-refractivity contribution is 5.05. The van der Waals surface area contributed by atoms with Gasteiger partial charge in [-0.05, 0) is 24.7 Å². The lowest BCUT2D eigenvalue weighted by molar-refractivity contribution is 0.243. The predicted octanol–water partition coefficient (Wildman–Crippen LogP) is 1.99. The van der Waals surface area contributed by atoms with Crippen molar-refractivity contribution >= 4 is 0 Å². The topological polar surface area (TPSA) is 3.24 Å². The molecule has 13 heavy (non-hydrogen) atoms. The highest BCUT2D eigenvalue weighted by atomic mass is 15.2. The number of nitrogens with zero attached hydrogens (tertiary/aromatic N) is 1. The molecule has 1 heteroatoms. The third-order valence-electron chi connectivity index (χ3n) is 3.25. The first kappa shape index (κ1) is 9.09. The maximum atomic E-state index is 3.27. The molecule has 2 fully saturated rings. The Hall–Kier alpha value is -0.480. The predicted molar refractivity (Wildman–Crippen MR) is 55.3 cm³/mol. The molecule has 1 saturated heterocycles. The van der Waals surface area contributed by atoms with E-state index in [1.165, 1.54) is 25.9 Å². The SMILES string of the molecule is CC(C)C#CCN1CC2CCC2C1. The van der Waals surface area contributed by atoms with Crippen LogP contribution in [0.15, 0.2) is 0 Å². The third-order valence-corrected chi connectivity index (χ3v) is 3.25. The van der Waals surface area contributed by atoms with Crippen LogP contribution in [0.5, 0.6) is 0 Å². The molecule has 0 aromatic heterocycles. The largest absolute Gasteiger partial charge is 0.292 e. The van der Waals surface area contributed by atoms with Gasteiger partial charge in [0.05, 0.1) is 6.54 Å². The molecule has 1 saturated carbocycles. The van der Waals surface area contributed by atoms with Crippen molar-refractivity contribution in [2.24, 2.45) is 17.8 Å². The minimum Gasteiger partial charge on any atom is -0.292 e. The van der Waals surface area contributed by atoms with Gasteiger partial charge >= 0.3 is 0 Å². The Morgan fingerprint density at radius 2 is 1.85 bits per heavy atom. The summed E-state index contributed by atoms with van der Waals surface area (Å²) in [6, 6.07) is 0. The summed E-state index contributed by atoms with van der Waals surface area (Å²) in [4.78, 5) is 2.53. The van der Waals surface area contributed by atoms with Gasteiger partial charge < -0.3 is 0 Å². The number of fused-ring (bicyclic) bond motifs is 1. The summed E-state index contributed by atoms with van der Waals surface area (Å²) in [7, 11) is 0. The molecule has 0 aromatic carbocycles. The van der Waals surface area contributed by atoms with Crippen molar-refractivity contribution in [3.05, 3.63) is 0 Å². The fraction of sp³-hybridized carbons (Fsp3) is 0.833. The van der Waals surface area contributed by atoms with E-state index in [2.05, 4.69) is 30.6 Å². The van der Waals surface area contributed by atoms with Crippen molar-refractivity contribution in [2.45, 2.75) is 26.7 Å². The van der Waals surface area contributed by atoms with Crippen LogP contribution in [0.2, 0.25) is 0 Å². The van der Waals surface area contributed by atoms with Crippen LogP contribution < -0.4 is 0 Å². The zero-order valence-corrected chi connectivity index (χ0v) is 8.71. The third kappa shape index (κ3) is 2.06. The average Bonchev–Trinajstić information content (AvgIpc) is 2.30. The van der Waals surface area contributed by atoms with Crippen molar-refractivity contribution in [1.82, 2.24) is 4.90 Å². The smallest absolute Gasteiger partial charge is 0.0601 e. The second-order valence-electron chi connectivity index (χ2n) is 4.77. The highest BCUT2D eigenvalue weighted by Gasteiger charge is 2.38. The van der Waals surface area contributed by atoms with Crippen LogP contribution >= 0.6 is 0 Å². The fourth-order valence-electron chi connectivity index (χ4n) is 2.35. The second kappa shape index (κ2) is 3.72. The van der Waals surface area contributed by atoms with Gasteiger partial charge in [-0.15, -0.1) is 0 Å². The van der Waals surface area contributed by atoms with Crippen LogP contribution in [0, 0.1) is 29.6 Å². The van der Waals surface area contributed by atoms with Gasteiger partial charge in [-0.3, -0.25) is 4.90 Å². The zero-order valence-electron chi connectivity index (χ0n) is 8.71. The monoisotopic (exact) mass is 177 g/mol. The summed E-state index contributed by atoms with van der Waals surface area (Å²) in [6.45, 7) is 7.95. The van der Waals surface area contributed by atoms with E-state index in [9.17, 15) is 0 Å². The first-order valence-corrected chi connectivity index (χ1v) is 5.46. The number of hydrogen-bond donors (Lipinski definition) is 0. The molecule has 0 radical (unpaired) electrons. The Morgan fingerprint density at radius 3 is 2.31 bits per heavy atom. The van der Waals surface area contributed by atoms with Crippen LogP contribution in [-0.4, -0.2) is 24.5 Å². The van der Waals surface area contributed by atoms with Gasteiger partial charge in [0.2, 0.25) is 0 Å². The standard InChI is InChI=1S/C12H19N/c1-10(2)4-3-7-13-8-11-5-6-12(11)9-13/h10-12H,5-9H2,1-2H3. The van der Waals surface area contributed by atoms with E-state index < -0.39 is 0 Å². The van der Waals surface area contributed by atoms with Gasteiger partial charge in [-0.1, -0.05) is 25.7 Å². The summed E-state index contributed by atoms with van der Waals surface area (Å²) >= 11 is 0. The molecule has 1 nitrogen and oxygen atoms in total. The molecular weight excluding hydrogens is 158 g/mol. The van der Waals surface area contributed by atoms with Crippen LogP contribution in [0.3, 0.4) is 0 Å². The summed E-state index contributed by atoms with van der Waals surface area (Å²) in [5, 5.41) is 0. The molecule has 0 spiro atoms. The Balaban J connectivity index is 1.75. The van der Waals surface area contributed by atoms with Crippen LogP contribution in [-0.2, 0) is 0 Å². The Kier molecular flexibility index (Phi) is 2.60. The molecular formula is C12H19N. The molecule has 1 aliphatic carbocycles. The lowest BCUT2D eigenvalue weighted by Crippen LogP contribution is -2.22. The molecule has 72 valence electrons. The molecule has 2 rings (SSSR count). The molecule has 2 atom stereocenters. The number of hydrogen-bond acceptors (Lipinski definition) is 1. The maximum absolute atomic E-state index is 3.27. The first-order chi connectivity index (χ1) is 6.25. The van der Waals surface area contributed by atoms with E-state index in [4.69, 9.17) is 0 Å². The Morgan fingerprint density at radius 1 is 1.23 bits per heavy atom. The van der Waals surface area contributed by atoms with Crippen molar-refractivity contribution in [3.63, 3.8) is 0 Å². The molecule has 0 N–H and O–H groups in total. The number of rotatable bonds is 1. The van der Waals surface area contributed by atoms with Gasteiger partial charge in [0, 0.05) is 19.0 Å². The lowest BCUT2D eigenvalue weighted by Gasteiger charge is -2.28. The molecule has 2 aliphatic rings. The summed E-state index contributed by atoms with van der Waals surface area (Å²) in [5.41, 5.74) is 0. The molecule has 0 amide bonds. The van der Waals surface area contributed by atoms with Crippen molar-refractivity contribution < 1.29 is 0 Å². The minimum atomic E-state index is 0.527. The second-order valence-corrected chi connectivity index (χ2v) is 4.77. The van der Waals surface area contributed by atoms with Crippen molar-refractivity contribution in [3.8, 4) is 11.8 Å². The van der Waals surface area contributed by atoms with Crippen LogP contribution in [0.1, 0.15) is 26.7 Å². The van der Waals surface area contributed by atoms with E-state index in [0.717, 1.165) is 18.4 Å². The van der Waals surface area contributed by atoms with Gasteiger partial charge in [0.15, 0.2) is 0 Å². The zero-order chi connectivity index (χ0) is 9.26. The molecule has 0 aromatic rings. The summed E-state index contributed by atoms with van der Waals surface area (Å²) < 4.78 is 0. The normalized spacial score (nSPS) is 32.2. The highest BCUT2D eigenvalue weighted by Crippen LogP contribution is 2.39. The van der Waals surface area contributed by atoms with Crippen LogP contribution in [0.25, 0.3) is 0 Å². The quantitative estimate of drug-likeness (QED) is 0.554. The Labute approximate surface area is 81.5 Å². The Bertz CT molecular complexity index is 221. The van der Waals surface area contributed by atoms with Gasteiger partial charge in [0.1, 0.15) is 0 Å². The van der Waals surface area contributed by atoms with Crippen LogP contribution in [0.4, 0.5) is 0 Å². The van der Waals surface area contributed by atoms with Gasteiger partial charge in [0.25, 0.3) is 0 Å². The van der Waals surface area contributed by atoms with E-state index in [0.29, 0.717) is 5.92 Å². The van der Waals surface area contributed by atoms with Crippen molar-refractivity contribution in [1.29, 1.82) is 0 Å². The van der Waals surface area contributed by atoms with E-state index in [1.807, 2.05) is 0 Å². The molecule has 1 aliphatic heterocycles. The number of likely N-dealkylation sites (tertiary alicyclic amines) is 1. The molecule has 0 bridgehead atoms. The summed E-state index contributed by atoms with van der Waals surface area (Å²) in [6.07, 6.45) is 2.94. The van der Waals surface area contributed by atoms with E-state index in [1.54, 1.807) is 0 Å². The first-order valence-electron chi connectivity index (χ1n) is 5.46. The fourth-order valence-corrected chi connectivity index (χ4v) is 2.35. The molecule has 1 heterocycles. The van der Waals surface area contributed by atoms with Crippen molar-refractivity contribution in [2.75, 3.05) is 19.6 Å². The lowest BCUT2D eigenvalue weighted by atomic mass is 9.77. The minimum absolute atomic E-state index is 0.527. The van der Waals surface area contributed by atoms with Gasteiger partial charge in [-0.25, -0.2) is 0 Å². The molecule has 2 unspecified atom stereocenters. The average molecular weight is 177 g/mol.